The van der Waals surface area contributed by atoms with E-state index < -0.39 is 0 Å². The van der Waals surface area contributed by atoms with Gasteiger partial charge in [0.25, 0.3) is 0 Å². The molecule has 1 N–H and O–H groups in total. The zero-order chi connectivity index (χ0) is 17.5. The molecule has 0 aliphatic rings. The molecule has 0 aliphatic carbocycles. The molecule has 0 radical (unpaired) electrons. The number of hydrogen-bond acceptors (Lipinski definition) is 2. The number of amides is 1. The summed E-state index contributed by atoms with van der Waals surface area (Å²) in [5.74, 6) is 0.402. The van der Waals surface area contributed by atoms with Gasteiger partial charge >= 0.3 is 0 Å². The molecule has 4 heteroatoms. The maximum atomic E-state index is 13.5. The van der Waals surface area contributed by atoms with Gasteiger partial charge in [0.1, 0.15) is 18.2 Å². The summed E-state index contributed by atoms with van der Waals surface area (Å²) in [7, 11) is 0. The molecule has 3 rings (SSSR count). The Morgan fingerprint density at radius 3 is 2.56 bits per heavy atom. The van der Waals surface area contributed by atoms with Gasteiger partial charge in [-0.3, -0.25) is 4.79 Å². The summed E-state index contributed by atoms with van der Waals surface area (Å²) < 4.78 is 19.2. The summed E-state index contributed by atoms with van der Waals surface area (Å²) in [6.45, 7) is 0.812. The molecule has 128 valence electrons. The van der Waals surface area contributed by atoms with Crippen LogP contribution in [0, 0.1) is 5.82 Å². The van der Waals surface area contributed by atoms with Gasteiger partial charge in [-0.2, -0.15) is 0 Å². The normalized spacial score (nSPS) is 10.6. The van der Waals surface area contributed by atoms with Gasteiger partial charge < -0.3 is 10.1 Å². The monoisotopic (exact) mass is 337 g/mol. The van der Waals surface area contributed by atoms with Gasteiger partial charge in [0, 0.05) is 6.42 Å². The van der Waals surface area contributed by atoms with Crippen molar-refractivity contribution >= 4 is 16.7 Å². The van der Waals surface area contributed by atoms with Gasteiger partial charge in [0.15, 0.2) is 0 Å². The van der Waals surface area contributed by atoms with Crippen molar-refractivity contribution < 1.29 is 13.9 Å². The van der Waals surface area contributed by atoms with Crippen LogP contribution >= 0.6 is 0 Å². The number of ether oxygens (including phenoxy) is 1. The summed E-state index contributed by atoms with van der Waals surface area (Å²) in [6, 6.07) is 20.5. The maximum absolute atomic E-state index is 13.5. The van der Waals surface area contributed by atoms with Gasteiger partial charge in [-0.1, -0.05) is 48.5 Å². The van der Waals surface area contributed by atoms with Gasteiger partial charge in [-0.05, 0) is 41.0 Å². The first-order chi connectivity index (χ1) is 12.2. The molecule has 3 aromatic carbocycles. The fourth-order valence-electron chi connectivity index (χ4n) is 2.65. The minimum Gasteiger partial charge on any atom is -0.492 e. The van der Waals surface area contributed by atoms with Crippen molar-refractivity contribution in [2.24, 2.45) is 0 Å². The van der Waals surface area contributed by atoms with E-state index in [2.05, 4.69) is 11.4 Å². The summed E-state index contributed by atoms with van der Waals surface area (Å²) >= 11 is 0. The molecule has 0 heterocycles. The Bertz CT molecular complexity index is 863. The molecule has 3 aromatic rings. The third kappa shape index (κ3) is 4.80. The van der Waals surface area contributed by atoms with Crippen molar-refractivity contribution in [3.05, 3.63) is 78.1 Å². The van der Waals surface area contributed by atoms with Gasteiger partial charge in [0.05, 0.1) is 6.54 Å². The summed E-state index contributed by atoms with van der Waals surface area (Å²) in [5, 5.41) is 5.08. The van der Waals surface area contributed by atoms with E-state index in [-0.39, 0.29) is 18.1 Å². The van der Waals surface area contributed by atoms with Crippen LogP contribution in [-0.2, 0) is 11.2 Å². The number of benzene rings is 3. The number of fused-ring (bicyclic) bond motifs is 1. The minimum absolute atomic E-state index is 0.106. The Labute approximate surface area is 146 Å². The molecule has 25 heavy (non-hydrogen) atoms. The third-order valence-corrected chi connectivity index (χ3v) is 3.99. The first-order valence-electron chi connectivity index (χ1n) is 8.34. The molecule has 0 saturated carbocycles. The highest BCUT2D eigenvalue weighted by atomic mass is 19.1. The molecular formula is C21H20FNO2. The van der Waals surface area contributed by atoms with Crippen LogP contribution in [-0.4, -0.2) is 19.1 Å². The molecule has 0 fully saturated rings. The van der Waals surface area contributed by atoms with E-state index in [0.717, 1.165) is 16.5 Å². The van der Waals surface area contributed by atoms with Crippen LogP contribution in [0.15, 0.2) is 66.7 Å². The summed E-state index contributed by atoms with van der Waals surface area (Å²) in [6.07, 6.45) is 0.654. The first-order valence-corrected chi connectivity index (χ1v) is 8.34. The average molecular weight is 337 g/mol. The second-order valence-electron chi connectivity index (χ2n) is 5.80. The van der Waals surface area contributed by atoms with Gasteiger partial charge in [-0.15, -0.1) is 0 Å². The number of carbonyl (C=O) groups is 1. The van der Waals surface area contributed by atoms with Crippen molar-refractivity contribution in [2.75, 3.05) is 13.2 Å². The van der Waals surface area contributed by atoms with Crippen molar-refractivity contribution in [3.8, 4) is 5.75 Å². The van der Waals surface area contributed by atoms with Gasteiger partial charge in [-0.25, -0.2) is 4.39 Å². The van der Waals surface area contributed by atoms with Crippen molar-refractivity contribution in [1.82, 2.24) is 5.32 Å². The molecule has 0 spiro atoms. The number of hydrogen-bond donors (Lipinski definition) is 1. The topological polar surface area (TPSA) is 38.3 Å². The third-order valence-electron chi connectivity index (χ3n) is 3.99. The molecular weight excluding hydrogens is 317 g/mol. The zero-order valence-corrected chi connectivity index (χ0v) is 13.9. The lowest BCUT2D eigenvalue weighted by Crippen LogP contribution is -2.28. The summed E-state index contributed by atoms with van der Waals surface area (Å²) in [5.41, 5.74) is 0.560. The standard InChI is InChI=1S/C21H20FNO2/c22-20-8-4-3-6-17(20)10-12-21(24)23-13-14-25-19-11-9-16-5-1-2-7-18(16)15-19/h1-9,11,15H,10,12-14H2,(H,23,24). The van der Waals surface area contributed by atoms with E-state index in [1.807, 2.05) is 36.4 Å². The SMILES string of the molecule is O=C(CCc1ccccc1F)NCCOc1ccc2ccccc2c1. The predicted molar refractivity (Wildman–Crippen MR) is 97.2 cm³/mol. The first kappa shape index (κ1) is 17.0. The number of aryl methyl sites for hydroxylation is 1. The quantitative estimate of drug-likeness (QED) is 0.659. The van der Waals surface area contributed by atoms with E-state index in [4.69, 9.17) is 4.74 Å². The zero-order valence-electron chi connectivity index (χ0n) is 13.9. The molecule has 0 aliphatic heterocycles. The highest BCUT2D eigenvalue weighted by Crippen LogP contribution is 2.20. The average Bonchev–Trinajstić information content (AvgIpc) is 2.64. The lowest BCUT2D eigenvalue weighted by atomic mass is 10.1. The Morgan fingerprint density at radius 1 is 0.960 bits per heavy atom. The van der Waals surface area contributed by atoms with Gasteiger partial charge in [0.2, 0.25) is 5.91 Å². The largest absolute Gasteiger partial charge is 0.492 e. The lowest BCUT2D eigenvalue weighted by Gasteiger charge is -2.09. The molecule has 0 bridgehead atoms. The number of carbonyl (C=O) groups excluding carboxylic acids is 1. The van der Waals surface area contributed by atoms with E-state index >= 15 is 0 Å². The van der Waals surface area contributed by atoms with Crippen LogP contribution in [0.5, 0.6) is 5.75 Å². The van der Waals surface area contributed by atoms with Crippen LogP contribution in [0.4, 0.5) is 4.39 Å². The molecule has 1 amide bonds. The van der Waals surface area contributed by atoms with Crippen LogP contribution in [0.3, 0.4) is 0 Å². The predicted octanol–water partition coefficient (Wildman–Crippen LogP) is 4.11. The minimum atomic E-state index is -0.269. The number of nitrogens with one attached hydrogen (secondary N) is 1. The molecule has 3 nitrogen and oxygen atoms in total. The molecule has 0 aromatic heterocycles. The smallest absolute Gasteiger partial charge is 0.220 e. The van der Waals surface area contributed by atoms with Crippen molar-refractivity contribution in [1.29, 1.82) is 0 Å². The number of rotatable bonds is 7. The van der Waals surface area contributed by atoms with E-state index in [1.165, 1.54) is 6.07 Å². The number of halogens is 1. The second kappa shape index (κ2) is 8.29. The van der Waals surface area contributed by atoms with E-state index in [0.29, 0.717) is 25.1 Å². The molecule has 0 saturated heterocycles. The Morgan fingerprint density at radius 2 is 1.72 bits per heavy atom. The van der Waals surface area contributed by atoms with Crippen molar-refractivity contribution in [2.45, 2.75) is 12.8 Å². The Balaban J connectivity index is 1.40. The fraction of sp³-hybridized carbons (Fsp3) is 0.190. The highest BCUT2D eigenvalue weighted by Gasteiger charge is 2.05. The van der Waals surface area contributed by atoms with E-state index in [9.17, 15) is 9.18 Å². The maximum Gasteiger partial charge on any atom is 0.220 e. The molecule has 0 atom stereocenters. The molecule has 0 unspecified atom stereocenters. The van der Waals surface area contributed by atoms with Crippen LogP contribution < -0.4 is 10.1 Å². The Kier molecular flexibility index (Phi) is 5.62. The van der Waals surface area contributed by atoms with Crippen LogP contribution in [0.2, 0.25) is 0 Å². The summed E-state index contributed by atoms with van der Waals surface area (Å²) in [4.78, 5) is 11.8. The van der Waals surface area contributed by atoms with E-state index in [1.54, 1.807) is 18.2 Å². The van der Waals surface area contributed by atoms with Crippen molar-refractivity contribution in [3.63, 3.8) is 0 Å². The lowest BCUT2D eigenvalue weighted by molar-refractivity contribution is -0.121. The Hall–Kier alpha value is -2.88. The second-order valence-corrected chi connectivity index (χ2v) is 5.80. The van der Waals surface area contributed by atoms with Crippen LogP contribution in [0.25, 0.3) is 10.8 Å². The van der Waals surface area contributed by atoms with Crippen LogP contribution in [0.1, 0.15) is 12.0 Å². The fourth-order valence-corrected chi connectivity index (χ4v) is 2.65. The highest BCUT2D eigenvalue weighted by molar-refractivity contribution is 5.83.